The normalized spacial score (nSPS) is 19.8. The Labute approximate surface area is 130 Å². The fourth-order valence-electron chi connectivity index (χ4n) is 2.61. The van der Waals surface area contributed by atoms with Crippen molar-refractivity contribution in [3.8, 4) is 0 Å². The van der Waals surface area contributed by atoms with Crippen LogP contribution in [0.1, 0.15) is 32.9 Å². The number of aromatic nitrogens is 2. The fraction of sp³-hybridized carbons (Fsp3) is 0.733. The molecule has 2 rings (SSSR count). The van der Waals surface area contributed by atoms with E-state index in [4.69, 9.17) is 0 Å². The van der Waals surface area contributed by atoms with Gasteiger partial charge in [-0.15, -0.1) is 0 Å². The van der Waals surface area contributed by atoms with Gasteiger partial charge in [-0.1, -0.05) is 13.8 Å². The molecule has 0 radical (unpaired) electrons. The molecule has 1 atom stereocenters. The summed E-state index contributed by atoms with van der Waals surface area (Å²) in [7, 11) is 0. The number of carbonyl (C=O) groups is 1. The molecule has 118 valence electrons. The maximum absolute atomic E-state index is 12.5. The van der Waals surface area contributed by atoms with Crippen molar-refractivity contribution in [3.63, 3.8) is 0 Å². The van der Waals surface area contributed by atoms with E-state index in [0.29, 0.717) is 12.5 Å². The van der Waals surface area contributed by atoms with E-state index in [0.717, 1.165) is 30.2 Å². The second kappa shape index (κ2) is 7.20. The lowest BCUT2D eigenvalue weighted by molar-refractivity contribution is -0.132. The van der Waals surface area contributed by atoms with E-state index in [1.165, 1.54) is 0 Å². The molecular weight excluding hydrogens is 286 g/mol. The molecule has 6 heteroatoms. The summed E-state index contributed by atoms with van der Waals surface area (Å²) >= 11 is 1.90. The molecule has 1 fully saturated rings. The summed E-state index contributed by atoms with van der Waals surface area (Å²) in [5.41, 5.74) is 0.667. The summed E-state index contributed by atoms with van der Waals surface area (Å²) in [6.45, 7) is 7.70. The van der Waals surface area contributed by atoms with Crippen molar-refractivity contribution in [1.29, 1.82) is 0 Å². The molecule has 0 saturated carbocycles. The summed E-state index contributed by atoms with van der Waals surface area (Å²) in [4.78, 5) is 26.3. The number of carbonyl (C=O) groups excluding carboxylic acids is 1. The van der Waals surface area contributed by atoms with Gasteiger partial charge in [0.05, 0.1) is 6.42 Å². The van der Waals surface area contributed by atoms with Gasteiger partial charge in [-0.05, 0) is 25.0 Å². The van der Waals surface area contributed by atoms with Crippen LogP contribution in [0.4, 0.5) is 0 Å². The number of nitrogens with one attached hydrogen (secondary N) is 1. The molecule has 5 nitrogen and oxygen atoms in total. The Bertz CT molecular complexity index is 535. The topological polar surface area (TPSA) is 58.1 Å². The van der Waals surface area contributed by atoms with Gasteiger partial charge >= 0.3 is 0 Å². The molecule has 0 aromatic carbocycles. The average molecular weight is 311 g/mol. The second-order valence-electron chi connectivity index (χ2n) is 6.14. The Morgan fingerprint density at radius 3 is 2.95 bits per heavy atom. The van der Waals surface area contributed by atoms with E-state index in [2.05, 4.69) is 25.9 Å². The highest BCUT2D eigenvalue weighted by Crippen LogP contribution is 2.16. The first kappa shape index (κ1) is 16.2. The minimum atomic E-state index is -0.0500. The summed E-state index contributed by atoms with van der Waals surface area (Å²) in [5, 5.41) is 3.06. The minimum absolute atomic E-state index is 0.0500. The molecule has 0 bridgehead atoms. The summed E-state index contributed by atoms with van der Waals surface area (Å²) in [5.74, 6) is 2.63. The molecule has 0 spiro atoms. The number of rotatable bonds is 4. The highest BCUT2D eigenvalue weighted by atomic mass is 32.2. The van der Waals surface area contributed by atoms with Gasteiger partial charge in [0.25, 0.3) is 5.56 Å². The Morgan fingerprint density at radius 1 is 1.48 bits per heavy atom. The highest BCUT2D eigenvalue weighted by Gasteiger charge is 2.22. The zero-order valence-corrected chi connectivity index (χ0v) is 13.9. The number of thioether (sulfide) groups is 1. The predicted molar refractivity (Wildman–Crippen MR) is 86.7 cm³/mol. The van der Waals surface area contributed by atoms with Gasteiger partial charge in [0.2, 0.25) is 5.91 Å². The van der Waals surface area contributed by atoms with Crippen molar-refractivity contribution >= 4 is 17.7 Å². The van der Waals surface area contributed by atoms with Crippen LogP contribution in [0.15, 0.2) is 10.9 Å². The second-order valence-corrected chi connectivity index (χ2v) is 7.36. The molecule has 1 N–H and O–H groups in total. The van der Waals surface area contributed by atoms with Crippen molar-refractivity contribution in [1.82, 2.24) is 14.7 Å². The van der Waals surface area contributed by atoms with Gasteiger partial charge in [0.1, 0.15) is 0 Å². The molecule has 1 saturated heterocycles. The largest absolute Gasteiger partial charge is 0.339 e. The molecule has 1 amide bonds. The number of nitrogens with zero attached hydrogens (tertiary/aromatic N) is 2. The van der Waals surface area contributed by atoms with E-state index >= 15 is 0 Å². The van der Waals surface area contributed by atoms with Crippen LogP contribution in [0.3, 0.4) is 0 Å². The first-order valence-corrected chi connectivity index (χ1v) is 8.78. The van der Waals surface area contributed by atoms with E-state index < -0.39 is 0 Å². The zero-order valence-electron chi connectivity index (χ0n) is 13.1. The lowest BCUT2D eigenvalue weighted by Gasteiger charge is -2.26. The lowest BCUT2D eigenvalue weighted by Crippen LogP contribution is -2.40. The van der Waals surface area contributed by atoms with Crippen LogP contribution in [0.2, 0.25) is 0 Å². The van der Waals surface area contributed by atoms with Crippen LogP contribution in [-0.2, 0) is 17.8 Å². The van der Waals surface area contributed by atoms with Crippen LogP contribution in [0.25, 0.3) is 0 Å². The Hall–Kier alpha value is -1.17. The third kappa shape index (κ3) is 4.40. The molecule has 1 aliphatic heterocycles. The van der Waals surface area contributed by atoms with Crippen LogP contribution in [0.5, 0.6) is 0 Å². The fourth-order valence-corrected chi connectivity index (χ4v) is 3.65. The molecular formula is C15H25N3O2S. The molecule has 1 aromatic heterocycles. The smallest absolute Gasteiger partial charge is 0.266 e. The Balaban J connectivity index is 2.03. The first-order chi connectivity index (χ1) is 9.97. The summed E-state index contributed by atoms with van der Waals surface area (Å²) in [6, 6.07) is 1.84. The molecule has 0 aliphatic carbocycles. The van der Waals surface area contributed by atoms with Gasteiger partial charge in [-0.25, -0.2) is 0 Å². The Kier molecular flexibility index (Phi) is 5.56. The van der Waals surface area contributed by atoms with Crippen molar-refractivity contribution in [2.24, 2.45) is 5.92 Å². The van der Waals surface area contributed by atoms with Gasteiger partial charge in [0.15, 0.2) is 0 Å². The zero-order chi connectivity index (χ0) is 15.4. The molecule has 2 heterocycles. The molecule has 1 aliphatic rings. The van der Waals surface area contributed by atoms with Gasteiger partial charge in [0, 0.05) is 36.6 Å². The quantitative estimate of drug-likeness (QED) is 0.921. The maximum atomic E-state index is 12.5. The van der Waals surface area contributed by atoms with Crippen LogP contribution < -0.4 is 5.56 Å². The molecule has 1 unspecified atom stereocenters. The number of hydrogen-bond acceptors (Lipinski definition) is 3. The average Bonchev–Trinajstić information content (AvgIpc) is 2.61. The number of amides is 1. The summed E-state index contributed by atoms with van der Waals surface area (Å²) in [6.07, 6.45) is 1.33. The van der Waals surface area contributed by atoms with Crippen molar-refractivity contribution in [3.05, 3.63) is 22.1 Å². The van der Waals surface area contributed by atoms with Gasteiger partial charge < -0.3 is 4.90 Å². The van der Waals surface area contributed by atoms with Crippen LogP contribution in [0, 0.1) is 5.92 Å². The van der Waals surface area contributed by atoms with Crippen LogP contribution in [-0.4, -0.2) is 44.7 Å². The van der Waals surface area contributed by atoms with Gasteiger partial charge in [-0.2, -0.15) is 11.8 Å². The van der Waals surface area contributed by atoms with Crippen LogP contribution >= 0.6 is 11.8 Å². The summed E-state index contributed by atoms with van der Waals surface area (Å²) < 4.78 is 1.59. The highest BCUT2D eigenvalue weighted by molar-refractivity contribution is 7.99. The standard InChI is InChI=1S/C15H25N3O2S/c1-11(2)10-18-15(20)9-13(16-18)8-14(19)17-5-7-21-6-4-12(17)3/h9,11-12,16H,4-8,10H2,1-3H3. The van der Waals surface area contributed by atoms with E-state index in [9.17, 15) is 9.59 Å². The predicted octanol–water partition coefficient (Wildman–Crippen LogP) is 1.73. The lowest BCUT2D eigenvalue weighted by atomic mass is 10.2. The third-order valence-electron chi connectivity index (χ3n) is 3.74. The monoisotopic (exact) mass is 311 g/mol. The SMILES string of the molecule is CC(C)Cn1[nH]c(CC(=O)N2CCSCCC2C)cc1=O. The number of hydrogen-bond donors (Lipinski definition) is 1. The third-order valence-corrected chi connectivity index (χ3v) is 4.74. The molecule has 1 aromatic rings. The molecule has 21 heavy (non-hydrogen) atoms. The van der Waals surface area contributed by atoms with E-state index in [1.807, 2.05) is 16.7 Å². The van der Waals surface area contributed by atoms with Crippen molar-refractivity contribution in [2.45, 2.75) is 46.2 Å². The van der Waals surface area contributed by atoms with Crippen molar-refractivity contribution in [2.75, 3.05) is 18.1 Å². The maximum Gasteiger partial charge on any atom is 0.266 e. The van der Waals surface area contributed by atoms with Gasteiger partial charge in [-0.3, -0.25) is 19.4 Å². The number of H-pyrrole nitrogens is 1. The van der Waals surface area contributed by atoms with E-state index in [-0.39, 0.29) is 23.9 Å². The number of aromatic amines is 1. The van der Waals surface area contributed by atoms with E-state index in [1.54, 1.807) is 10.7 Å². The minimum Gasteiger partial charge on any atom is -0.339 e. The first-order valence-electron chi connectivity index (χ1n) is 7.63. The Morgan fingerprint density at radius 2 is 2.24 bits per heavy atom. The van der Waals surface area contributed by atoms with Crippen molar-refractivity contribution < 1.29 is 4.79 Å².